The number of nitrogens with zero attached hydrogens (tertiary/aromatic N) is 1. The van der Waals surface area contributed by atoms with E-state index in [0.717, 1.165) is 19.3 Å². The molecule has 86 valence electrons. The summed E-state index contributed by atoms with van der Waals surface area (Å²) in [5.74, 6) is 2.43. The molecule has 0 radical (unpaired) electrons. The van der Waals surface area contributed by atoms with Gasteiger partial charge in [-0.3, -0.25) is 0 Å². The van der Waals surface area contributed by atoms with Crippen LogP contribution in [0.3, 0.4) is 0 Å². The van der Waals surface area contributed by atoms with E-state index in [9.17, 15) is 8.42 Å². The quantitative estimate of drug-likeness (QED) is 0.723. The maximum atomic E-state index is 11.8. The minimum atomic E-state index is -3.37. The predicted molar refractivity (Wildman–Crippen MR) is 60.4 cm³/mol. The summed E-state index contributed by atoms with van der Waals surface area (Å²) in [4.78, 5) is 0. The van der Waals surface area contributed by atoms with Gasteiger partial charge in [-0.05, 0) is 19.3 Å². The molecule has 0 aromatic rings. The second-order valence-corrected chi connectivity index (χ2v) is 5.41. The van der Waals surface area contributed by atoms with Crippen molar-refractivity contribution in [1.29, 1.82) is 0 Å². The summed E-state index contributed by atoms with van der Waals surface area (Å²) in [7, 11) is -3.37. The van der Waals surface area contributed by atoms with Crippen molar-refractivity contribution < 1.29 is 8.42 Å². The second kappa shape index (κ2) is 5.50. The minimum absolute atomic E-state index is 0.392. The minimum Gasteiger partial charge on any atom is -0.195 e. The van der Waals surface area contributed by atoms with Crippen LogP contribution in [0, 0.1) is 12.3 Å². The molecular weight excluding hydrogens is 212 g/mol. The average Bonchev–Trinajstić information content (AvgIpc) is 2.27. The van der Waals surface area contributed by atoms with E-state index in [4.69, 9.17) is 6.42 Å². The summed E-state index contributed by atoms with van der Waals surface area (Å²) in [5.41, 5.74) is 0. The van der Waals surface area contributed by atoms with E-state index >= 15 is 0 Å². The van der Waals surface area contributed by atoms with Crippen LogP contribution in [0.25, 0.3) is 0 Å². The summed E-state index contributed by atoms with van der Waals surface area (Å²) in [6, 6.07) is -0.392. The van der Waals surface area contributed by atoms with Crippen molar-refractivity contribution in [2.75, 3.05) is 13.1 Å². The molecule has 1 saturated heterocycles. The number of piperidine rings is 1. The van der Waals surface area contributed by atoms with Gasteiger partial charge in [0.2, 0.25) is 0 Å². The lowest BCUT2D eigenvalue weighted by Crippen LogP contribution is -2.46. The molecule has 0 amide bonds. The van der Waals surface area contributed by atoms with Gasteiger partial charge in [0.05, 0.1) is 6.04 Å². The number of hydrogen-bond donors (Lipinski definition) is 1. The molecule has 1 aliphatic heterocycles. The summed E-state index contributed by atoms with van der Waals surface area (Å²) < 4.78 is 27.7. The molecule has 0 aromatic heterocycles. The lowest BCUT2D eigenvalue weighted by molar-refractivity contribution is 0.340. The van der Waals surface area contributed by atoms with Gasteiger partial charge in [0.15, 0.2) is 0 Å². The Hall–Kier alpha value is -0.570. The normalized spacial score (nSPS) is 20.8. The van der Waals surface area contributed by atoms with E-state index in [1.807, 2.05) is 6.92 Å². The van der Waals surface area contributed by atoms with Crippen LogP contribution in [0.5, 0.6) is 0 Å². The Morgan fingerprint density at radius 1 is 1.40 bits per heavy atom. The third-order valence-corrected chi connectivity index (χ3v) is 4.18. The highest BCUT2D eigenvalue weighted by molar-refractivity contribution is 7.87. The Balaban J connectivity index is 2.61. The smallest absolute Gasteiger partial charge is 0.195 e. The monoisotopic (exact) mass is 230 g/mol. The van der Waals surface area contributed by atoms with Crippen molar-refractivity contribution in [2.24, 2.45) is 0 Å². The molecular formula is C10H18N2O2S. The van der Waals surface area contributed by atoms with Gasteiger partial charge in [0.25, 0.3) is 10.2 Å². The molecule has 4 nitrogen and oxygen atoms in total. The molecule has 0 spiro atoms. The molecule has 1 N–H and O–H groups in total. The van der Waals surface area contributed by atoms with E-state index in [0.29, 0.717) is 19.5 Å². The predicted octanol–water partition coefficient (Wildman–Crippen LogP) is 0.718. The van der Waals surface area contributed by atoms with Crippen molar-refractivity contribution in [3.63, 3.8) is 0 Å². The maximum Gasteiger partial charge on any atom is 0.280 e. The van der Waals surface area contributed by atoms with Gasteiger partial charge in [0, 0.05) is 13.1 Å². The highest BCUT2D eigenvalue weighted by atomic mass is 32.2. The summed E-state index contributed by atoms with van der Waals surface area (Å²) in [6.07, 6.45) is 8.83. The second-order valence-electron chi connectivity index (χ2n) is 3.71. The molecule has 0 saturated carbocycles. The fourth-order valence-corrected chi connectivity index (χ4v) is 3.08. The number of hydrogen-bond acceptors (Lipinski definition) is 2. The molecule has 1 aliphatic rings. The van der Waals surface area contributed by atoms with Crippen LogP contribution in [0.2, 0.25) is 0 Å². The number of nitrogens with one attached hydrogen (secondary N) is 1. The Morgan fingerprint density at radius 2 is 2.00 bits per heavy atom. The summed E-state index contributed by atoms with van der Waals surface area (Å²) in [6.45, 7) is 3.08. The Labute approximate surface area is 92.2 Å². The SMILES string of the molecule is C#CC(CC)NS(=O)(=O)N1CCCCC1. The van der Waals surface area contributed by atoms with Gasteiger partial charge in [-0.15, -0.1) is 6.42 Å². The number of rotatable bonds is 4. The summed E-state index contributed by atoms with van der Waals surface area (Å²) >= 11 is 0. The van der Waals surface area contributed by atoms with Gasteiger partial charge in [-0.1, -0.05) is 19.3 Å². The van der Waals surface area contributed by atoms with E-state index in [1.54, 1.807) is 0 Å². The summed E-state index contributed by atoms with van der Waals surface area (Å²) in [5, 5.41) is 0. The van der Waals surface area contributed by atoms with Gasteiger partial charge >= 0.3 is 0 Å². The van der Waals surface area contributed by atoms with Crippen LogP contribution < -0.4 is 4.72 Å². The van der Waals surface area contributed by atoms with Crippen LogP contribution in [0.15, 0.2) is 0 Å². The van der Waals surface area contributed by atoms with E-state index in [-0.39, 0.29) is 0 Å². The standard InChI is InChI=1S/C10H18N2O2S/c1-3-10(4-2)11-15(13,14)12-8-6-5-7-9-12/h1,10-11H,4-9H2,2H3. The molecule has 0 aromatic carbocycles. The topological polar surface area (TPSA) is 49.4 Å². The van der Waals surface area contributed by atoms with Crippen LogP contribution in [0.1, 0.15) is 32.6 Å². The first-order valence-electron chi connectivity index (χ1n) is 5.33. The first kappa shape index (κ1) is 12.5. The molecule has 1 fully saturated rings. The third-order valence-electron chi connectivity index (χ3n) is 2.56. The van der Waals surface area contributed by atoms with Gasteiger partial charge in [-0.25, -0.2) is 0 Å². The van der Waals surface area contributed by atoms with Crippen LogP contribution in [0.4, 0.5) is 0 Å². The molecule has 1 atom stereocenters. The highest BCUT2D eigenvalue weighted by Gasteiger charge is 2.25. The Bertz CT molecular complexity index is 326. The molecule has 5 heteroatoms. The molecule has 0 bridgehead atoms. The molecule has 0 aliphatic carbocycles. The largest absolute Gasteiger partial charge is 0.280 e. The van der Waals surface area contributed by atoms with Crippen molar-refractivity contribution in [3.05, 3.63) is 0 Å². The van der Waals surface area contributed by atoms with Crippen LogP contribution in [-0.4, -0.2) is 31.9 Å². The molecule has 1 unspecified atom stereocenters. The first-order valence-corrected chi connectivity index (χ1v) is 6.77. The zero-order valence-corrected chi connectivity index (χ0v) is 9.89. The van der Waals surface area contributed by atoms with Crippen molar-refractivity contribution in [1.82, 2.24) is 9.03 Å². The molecule has 1 rings (SSSR count). The molecule has 15 heavy (non-hydrogen) atoms. The zero-order chi connectivity index (χ0) is 11.3. The Kier molecular flexibility index (Phi) is 4.58. The van der Waals surface area contributed by atoms with E-state index < -0.39 is 16.3 Å². The highest BCUT2D eigenvalue weighted by Crippen LogP contribution is 2.12. The Morgan fingerprint density at radius 3 is 2.47 bits per heavy atom. The fourth-order valence-electron chi connectivity index (χ4n) is 1.59. The maximum absolute atomic E-state index is 11.8. The molecule has 1 heterocycles. The zero-order valence-electron chi connectivity index (χ0n) is 9.07. The number of terminal acetylenes is 1. The van der Waals surface area contributed by atoms with Gasteiger partial charge in [-0.2, -0.15) is 17.4 Å². The van der Waals surface area contributed by atoms with Gasteiger partial charge < -0.3 is 0 Å². The lowest BCUT2D eigenvalue weighted by atomic mass is 10.2. The van der Waals surface area contributed by atoms with E-state index in [2.05, 4.69) is 10.6 Å². The third kappa shape index (κ3) is 3.49. The van der Waals surface area contributed by atoms with E-state index in [1.165, 1.54) is 4.31 Å². The van der Waals surface area contributed by atoms with Crippen LogP contribution >= 0.6 is 0 Å². The van der Waals surface area contributed by atoms with Crippen molar-refractivity contribution in [2.45, 2.75) is 38.6 Å². The van der Waals surface area contributed by atoms with Crippen LogP contribution in [-0.2, 0) is 10.2 Å². The fraction of sp³-hybridized carbons (Fsp3) is 0.800. The van der Waals surface area contributed by atoms with Crippen molar-refractivity contribution >= 4 is 10.2 Å². The van der Waals surface area contributed by atoms with Crippen molar-refractivity contribution in [3.8, 4) is 12.3 Å². The first-order chi connectivity index (χ1) is 7.10. The van der Waals surface area contributed by atoms with Gasteiger partial charge in [0.1, 0.15) is 0 Å². The lowest BCUT2D eigenvalue weighted by Gasteiger charge is -2.27. The average molecular weight is 230 g/mol.